The van der Waals surface area contributed by atoms with Crippen LogP contribution >= 0.6 is 0 Å². The summed E-state index contributed by atoms with van der Waals surface area (Å²) in [5.41, 5.74) is 1.26. The fourth-order valence-corrected chi connectivity index (χ4v) is 2.78. The van der Waals surface area contributed by atoms with Crippen molar-refractivity contribution in [1.82, 2.24) is 10.6 Å². The molecule has 0 aromatic heterocycles. The van der Waals surface area contributed by atoms with Crippen molar-refractivity contribution < 1.29 is 9.53 Å². The lowest BCUT2D eigenvalue weighted by Crippen LogP contribution is -2.44. The van der Waals surface area contributed by atoms with Crippen LogP contribution < -0.4 is 15.4 Å². The molecule has 2 N–H and O–H groups in total. The normalized spacial score (nSPS) is 15.6. The summed E-state index contributed by atoms with van der Waals surface area (Å²) in [4.78, 5) is 11.8. The van der Waals surface area contributed by atoms with Crippen LogP contribution in [0.1, 0.15) is 57.4 Å². The average molecular weight is 304 g/mol. The molecule has 0 bridgehead atoms. The van der Waals surface area contributed by atoms with Gasteiger partial charge in [-0.1, -0.05) is 45.2 Å². The quantitative estimate of drug-likeness (QED) is 0.785. The molecule has 1 aromatic rings. The third-order valence-corrected chi connectivity index (χ3v) is 4.12. The number of benzene rings is 1. The van der Waals surface area contributed by atoms with Gasteiger partial charge in [0.2, 0.25) is 0 Å². The molecule has 0 spiro atoms. The van der Waals surface area contributed by atoms with Gasteiger partial charge < -0.3 is 15.4 Å². The third-order valence-electron chi connectivity index (χ3n) is 4.12. The minimum atomic E-state index is -0.0774. The Balaban J connectivity index is 1.64. The molecule has 2 amide bonds. The van der Waals surface area contributed by atoms with E-state index in [2.05, 4.69) is 36.6 Å². The summed E-state index contributed by atoms with van der Waals surface area (Å²) in [7, 11) is 0. The number of ether oxygens (including phenoxy) is 1. The summed E-state index contributed by atoms with van der Waals surface area (Å²) in [6.45, 7) is 5.33. The van der Waals surface area contributed by atoms with E-state index < -0.39 is 0 Å². The first kappa shape index (κ1) is 16.7. The molecule has 122 valence electrons. The van der Waals surface area contributed by atoms with Crippen molar-refractivity contribution >= 4 is 6.03 Å². The van der Waals surface area contributed by atoms with Crippen LogP contribution in [0.5, 0.6) is 5.75 Å². The Morgan fingerprint density at radius 1 is 1.27 bits per heavy atom. The SMILES string of the molecule is CC(C)c1cccc(OCCNC(=O)NC2CCCCC2)c1. The van der Waals surface area contributed by atoms with Gasteiger partial charge in [-0.15, -0.1) is 0 Å². The van der Waals surface area contributed by atoms with E-state index >= 15 is 0 Å². The van der Waals surface area contributed by atoms with Gasteiger partial charge >= 0.3 is 6.03 Å². The molecule has 0 unspecified atom stereocenters. The average Bonchev–Trinajstić information content (AvgIpc) is 2.53. The number of nitrogens with one attached hydrogen (secondary N) is 2. The maximum atomic E-state index is 11.8. The van der Waals surface area contributed by atoms with Crippen molar-refractivity contribution in [3.63, 3.8) is 0 Å². The fraction of sp³-hybridized carbons (Fsp3) is 0.611. The zero-order valence-electron chi connectivity index (χ0n) is 13.7. The van der Waals surface area contributed by atoms with Crippen LogP contribution in [0.15, 0.2) is 24.3 Å². The van der Waals surface area contributed by atoms with Crippen LogP contribution in [-0.4, -0.2) is 25.2 Å². The standard InChI is InChI=1S/C18H28N2O2/c1-14(2)15-7-6-10-17(13-15)22-12-11-19-18(21)20-16-8-4-3-5-9-16/h6-7,10,13-14,16H,3-5,8-9,11-12H2,1-2H3,(H2,19,20,21). The Morgan fingerprint density at radius 3 is 2.77 bits per heavy atom. The molecule has 0 saturated heterocycles. The van der Waals surface area contributed by atoms with Crippen molar-refractivity contribution in [2.45, 2.75) is 57.9 Å². The van der Waals surface area contributed by atoms with Gasteiger partial charge in [0.05, 0.1) is 6.54 Å². The Labute approximate surface area is 133 Å². The van der Waals surface area contributed by atoms with Crippen molar-refractivity contribution in [2.24, 2.45) is 0 Å². The van der Waals surface area contributed by atoms with E-state index in [4.69, 9.17) is 4.74 Å². The van der Waals surface area contributed by atoms with Crippen LogP contribution in [0.25, 0.3) is 0 Å². The Kier molecular flexibility index (Phi) is 6.56. The van der Waals surface area contributed by atoms with Gasteiger partial charge in [0.1, 0.15) is 12.4 Å². The first-order valence-electron chi connectivity index (χ1n) is 8.42. The fourth-order valence-electron chi connectivity index (χ4n) is 2.78. The molecule has 1 aliphatic rings. The van der Waals surface area contributed by atoms with Gasteiger partial charge in [-0.05, 0) is 36.5 Å². The second kappa shape index (κ2) is 8.66. The van der Waals surface area contributed by atoms with Gasteiger partial charge in [0.15, 0.2) is 0 Å². The molecule has 4 heteroatoms. The summed E-state index contributed by atoms with van der Waals surface area (Å²) < 4.78 is 5.69. The molecule has 0 heterocycles. The summed E-state index contributed by atoms with van der Waals surface area (Å²) in [6, 6.07) is 8.39. The van der Waals surface area contributed by atoms with Gasteiger partial charge in [-0.3, -0.25) is 0 Å². The summed E-state index contributed by atoms with van der Waals surface area (Å²) in [5.74, 6) is 1.35. The van der Waals surface area contributed by atoms with E-state index in [1.165, 1.54) is 24.8 Å². The predicted molar refractivity (Wildman–Crippen MR) is 89.4 cm³/mol. The highest BCUT2D eigenvalue weighted by atomic mass is 16.5. The topological polar surface area (TPSA) is 50.4 Å². The lowest BCUT2D eigenvalue weighted by Gasteiger charge is -2.22. The van der Waals surface area contributed by atoms with Crippen LogP contribution in [-0.2, 0) is 0 Å². The number of hydrogen-bond acceptors (Lipinski definition) is 2. The second-order valence-corrected chi connectivity index (χ2v) is 6.31. The zero-order chi connectivity index (χ0) is 15.8. The monoisotopic (exact) mass is 304 g/mol. The van der Waals surface area contributed by atoms with E-state index in [0.29, 0.717) is 25.1 Å². The molecule has 1 aliphatic carbocycles. The molecule has 1 fully saturated rings. The predicted octanol–water partition coefficient (Wildman–Crippen LogP) is 3.82. The molecule has 4 nitrogen and oxygen atoms in total. The van der Waals surface area contributed by atoms with Crippen molar-refractivity contribution in [2.75, 3.05) is 13.2 Å². The summed E-state index contributed by atoms with van der Waals surface area (Å²) >= 11 is 0. The van der Waals surface area contributed by atoms with E-state index in [9.17, 15) is 4.79 Å². The Hall–Kier alpha value is -1.71. The highest BCUT2D eigenvalue weighted by Crippen LogP contribution is 2.20. The highest BCUT2D eigenvalue weighted by Gasteiger charge is 2.15. The van der Waals surface area contributed by atoms with E-state index in [1.54, 1.807) is 0 Å². The number of carbonyl (C=O) groups excluding carboxylic acids is 1. The summed E-state index contributed by atoms with van der Waals surface area (Å²) in [6.07, 6.45) is 5.95. The third kappa shape index (κ3) is 5.58. The number of carbonyl (C=O) groups is 1. The zero-order valence-corrected chi connectivity index (χ0v) is 13.7. The highest BCUT2D eigenvalue weighted by molar-refractivity contribution is 5.74. The Bertz CT molecular complexity index is 468. The Morgan fingerprint density at radius 2 is 2.05 bits per heavy atom. The molecule has 1 aromatic carbocycles. The van der Waals surface area contributed by atoms with Crippen molar-refractivity contribution in [3.05, 3.63) is 29.8 Å². The first-order valence-corrected chi connectivity index (χ1v) is 8.42. The van der Waals surface area contributed by atoms with E-state index in [0.717, 1.165) is 18.6 Å². The van der Waals surface area contributed by atoms with Gasteiger partial charge in [0.25, 0.3) is 0 Å². The van der Waals surface area contributed by atoms with E-state index in [1.807, 2.05) is 12.1 Å². The largest absolute Gasteiger partial charge is 0.492 e. The number of hydrogen-bond donors (Lipinski definition) is 2. The van der Waals surface area contributed by atoms with E-state index in [-0.39, 0.29) is 6.03 Å². The molecule has 22 heavy (non-hydrogen) atoms. The molecule has 0 atom stereocenters. The smallest absolute Gasteiger partial charge is 0.315 e. The molecular weight excluding hydrogens is 276 g/mol. The van der Waals surface area contributed by atoms with Gasteiger partial charge in [-0.25, -0.2) is 4.79 Å². The lowest BCUT2D eigenvalue weighted by molar-refractivity contribution is 0.228. The first-order chi connectivity index (χ1) is 10.6. The lowest BCUT2D eigenvalue weighted by atomic mass is 9.96. The maximum Gasteiger partial charge on any atom is 0.315 e. The van der Waals surface area contributed by atoms with Crippen LogP contribution in [0.3, 0.4) is 0 Å². The van der Waals surface area contributed by atoms with Crippen LogP contribution in [0.2, 0.25) is 0 Å². The number of amides is 2. The summed E-state index contributed by atoms with van der Waals surface area (Å²) in [5, 5.41) is 5.90. The maximum absolute atomic E-state index is 11.8. The molecule has 0 radical (unpaired) electrons. The second-order valence-electron chi connectivity index (χ2n) is 6.31. The van der Waals surface area contributed by atoms with Crippen molar-refractivity contribution in [3.8, 4) is 5.75 Å². The van der Waals surface area contributed by atoms with Gasteiger partial charge in [-0.2, -0.15) is 0 Å². The van der Waals surface area contributed by atoms with Crippen molar-refractivity contribution in [1.29, 1.82) is 0 Å². The van der Waals surface area contributed by atoms with Crippen LogP contribution in [0, 0.1) is 0 Å². The molecule has 1 saturated carbocycles. The van der Waals surface area contributed by atoms with Gasteiger partial charge in [0, 0.05) is 6.04 Å². The molecule has 0 aliphatic heterocycles. The molecular formula is C18H28N2O2. The minimum absolute atomic E-state index is 0.0774. The number of urea groups is 1. The molecule has 2 rings (SSSR count). The number of rotatable bonds is 6. The van der Waals surface area contributed by atoms with Crippen LogP contribution in [0.4, 0.5) is 4.79 Å². The minimum Gasteiger partial charge on any atom is -0.492 e.